The molecule has 2 aromatic rings. The van der Waals surface area contributed by atoms with Crippen LogP contribution in [0.25, 0.3) is 0 Å². The summed E-state index contributed by atoms with van der Waals surface area (Å²) in [6, 6.07) is 8.69. The van der Waals surface area contributed by atoms with Gasteiger partial charge in [-0.05, 0) is 47.2 Å². The Bertz CT molecular complexity index is 783. The molecule has 3 nitrogen and oxygen atoms in total. The minimum atomic E-state index is -0.520. The van der Waals surface area contributed by atoms with Crippen molar-refractivity contribution in [3.8, 4) is 11.5 Å². The van der Waals surface area contributed by atoms with Crippen LogP contribution in [0.3, 0.4) is 0 Å². The van der Waals surface area contributed by atoms with Crippen LogP contribution in [0.2, 0.25) is 10.0 Å². The first-order valence-electron chi connectivity index (χ1n) is 8.82. The number of ether oxygens (including phenoxy) is 1. The average molecular weight is 413 g/mol. The molecule has 0 spiro atoms. The average Bonchev–Trinajstić information content (AvgIpc) is 2.62. The molecular formula is C21H23Cl2FO3. The highest BCUT2D eigenvalue weighted by atomic mass is 35.5. The quantitative estimate of drug-likeness (QED) is 0.540. The lowest BCUT2D eigenvalue weighted by molar-refractivity contribution is -0.121. The van der Waals surface area contributed by atoms with E-state index in [9.17, 15) is 14.3 Å². The predicted octanol–water partition coefficient (Wildman–Crippen LogP) is 6.11. The van der Waals surface area contributed by atoms with E-state index >= 15 is 0 Å². The highest BCUT2D eigenvalue weighted by Gasteiger charge is 2.13. The summed E-state index contributed by atoms with van der Waals surface area (Å²) in [5.74, 6) is 0.693. The van der Waals surface area contributed by atoms with Crippen molar-refractivity contribution in [1.29, 1.82) is 0 Å². The zero-order chi connectivity index (χ0) is 20.0. The Labute approximate surface area is 169 Å². The van der Waals surface area contributed by atoms with Gasteiger partial charge in [0.1, 0.15) is 18.1 Å². The van der Waals surface area contributed by atoms with E-state index in [0.717, 1.165) is 16.7 Å². The van der Waals surface area contributed by atoms with Crippen LogP contribution in [-0.4, -0.2) is 24.2 Å². The first-order chi connectivity index (χ1) is 12.8. The van der Waals surface area contributed by atoms with E-state index in [1.165, 1.54) is 0 Å². The third kappa shape index (κ3) is 6.12. The molecule has 0 aliphatic carbocycles. The Morgan fingerprint density at radius 3 is 2.44 bits per heavy atom. The number of hydrogen-bond acceptors (Lipinski definition) is 3. The molecule has 146 valence electrons. The Morgan fingerprint density at radius 2 is 1.85 bits per heavy atom. The fourth-order valence-electron chi connectivity index (χ4n) is 2.71. The molecule has 6 heteroatoms. The van der Waals surface area contributed by atoms with Crippen LogP contribution in [0.1, 0.15) is 49.3 Å². The molecule has 0 heterocycles. The van der Waals surface area contributed by atoms with Gasteiger partial charge in [-0.15, -0.1) is 0 Å². The van der Waals surface area contributed by atoms with Gasteiger partial charge in [-0.2, -0.15) is 0 Å². The molecule has 0 bridgehead atoms. The summed E-state index contributed by atoms with van der Waals surface area (Å²) in [6.45, 7) is 3.37. The molecule has 1 N–H and O–H groups in total. The molecule has 27 heavy (non-hydrogen) atoms. The summed E-state index contributed by atoms with van der Waals surface area (Å²) >= 11 is 12.7. The summed E-state index contributed by atoms with van der Waals surface area (Å²) in [7, 11) is 0. The summed E-state index contributed by atoms with van der Waals surface area (Å²) in [5, 5.41) is 10.8. The number of carbonyl (C=O) groups excluding carboxylic acids is 1. The topological polar surface area (TPSA) is 46.5 Å². The molecule has 0 aliphatic heterocycles. The summed E-state index contributed by atoms with van der Waals surface area (Å²) in [6.07, 6.45) is 0.857. The van der Waals surface area contributed by atoms with Gasteiger partial charge in [0, 0.05) is 22.9 Å². The van der Waals surface area contributed by atoms with Crippen LogP contribution in [-0.2, 0) is 11.2 Å². The van der Waals surface area contributed by atoms with Gasteiger partial charge >= 0.3 is 0 Å². The highest BCUT2D eigenvalue weighted by Crippen LogP contribution is 2.34. The van der Waals surface area contributed by atoms with Crippen LogP contribution >= 0.6 is 23.2 Å². The number of phenols is 1. The minimum absolute atomic E-state index is 0.137. The Balaban J connectivity index is 2.13. The first kappa shape index (κ1) is 21.5. The number of alkyl halides is 1. The van der Waals surface area contributed by atoms with Crippen molar-refractivity contribution in [2.24, 2.45) is 0 Å². The van der Waals surface area contributed by atoms with Crippen LogP contribution in [0.15, 0.2) is 30.3 Å². The number of aromatic hydroxyl groups is 1. The standard InChI is InChI=1S/C21H23Cl2FO3/c1-13(2)17-8-14(5-6-21(17)26)9-18-19(22)10-16(11-20(18)23)27-12-15(25)4-3-7-24/h5-6,8,10-11,13,26H,3-4,7,9,12H2,1-2H3. The van der Waals surface area contributed by atoms with Gasteiger partial charge in [-0.25, -0.2) is 0 Å². The molecule has 0 radical (unpaired) electrons. The molecule has 2 aromatic carbocycles. The molecule has 0 aliphatic rings. The zero-order valence-corrected chi connectivity index (χ0v) is 16.9. The van der Waals surface area contributed by atoms with Crippen LogP contribution in [0.5, 0.6) is 11.5 Å². The first-order valence-corrected chi connectivity index (χ1v) is 9.57. The smallest absolute Gasteiger partial charge is 0.170 e. The third-order valence-electron chi connectivity index (χ3n) is 4.20. The molecule has 0 atom stereocenters. The van der Waals surface area contributed by atoms with Gasteiger partial charge in [-0.1, -0.05) is 49.2 Å². The summed E-state index contributed by atoms with van der Waals surface area (Å²) < 4.78 is 17.5. The molecule has 0 amide bonds. The van der Waals surface area contributed by atoms with Gasteiger partial charge in [0.25, 0.3) is 0 Å². The molecule has 0 aromatic heterocycles. The van der Waals surface area contributed by atoms with Gasteiger partial charge < -0.3 is 9.84 Å². The lowest BCUT2D eigenvalue weighted by atomic mass is 9.96. The molecule has 0 saturated heterocycles. The summed E-state index contributed by atoms with van der Waals surface area (Å²) in [5.41, 5.74) is 2.59. The van der Waals surface area contributed by atoms with E-state index in [1.54, 1.807) is 18.2 Å². The monoisotopic (exact) mass is 412 g/mol. The number of hydrogen-bond donors (Lipinski definition) is 1. The summed E-state index contributed by atoms with van der Waals surface area (Å²) in [4.78, 5) is 11.6. The van der Waals surface area contributed by atoms with Gasteiger partial charge in [-0.3, -0.25) is 9.18 Å². The van der Waals surface area contributed by atoms with Gasteiger partial charge in [0.05, 0.1) is 6.67 Å². The Hall–Kier alpha value is -1.78. The predicted molar refractivity (Wildman–Crippen MR) is 107 cm³/mol. The van der Waals surface area contributed by atoms with Gasteiger partial charge in [0.15, 0.2) is 5.78 Å². The second-order valence-electron chi connectivity index (χ2n) is 6.71. The number of benzene rings is 2. The number of rotatable bonds is 9. The van der Waals surface area contributed by atoms with Crippen LogP contribution < -0.4 is 4.74 Å². The van der Waals surface area contributed by atoms with E-state index < -0.39 is 6.67 Å². The number of carbonyl (C=O) groups is 1. The van der Waals surface area contributed by atoms with Crippen molar-refractivity contribution < 1.29 is 19.0 Å². The van der Waals surface area contributed by atoms with Crippen molar-refractivity contribution in [3.05, 3.63) is 57.1 Å². The molecule has 0 saturated carbocycles. The number of halogens is 3. The third-order valence-corrected chi connectivity index (χ3v) is 4.87. The number of Topliss-reactive ketones (excluding diaryl/α,β-unsaturated/α-hetero) is 1. The van der Waals surface area contributed by atoms with E-state index in [4.69, 9.17) is 27.9 Å². The second-order valence-corrected chi connectivity index (χ2v) is 7.52. The van der Waals surface area contributed by atoms with Crippen molar-refractivity contribution in [1.82, 2.24) is 0 Å². The maximum absolute atomic E-state index is 12.1. The maximum atomic E-state index is 12.1. The van der Waals surface area contributed by atoms with Crippen molar-refractivity contribution in [2.45, 2.75) is 39.0 Å². The number of ketones is 1. The van der Waals surface area contributed by atoms with Crippen molar-refractivity contribution in [2.75, 3.05) is 13.3 Å². The second kappa shape index (κ2) is 9.95. The molecule has 2 rings (SSSR count). The SMILES string of the molecule is CC(C)c1cc(Cc2c(Cl)cc(OCC(=O)CCCF)cc2Cl)ccc1O. The largest absolute Gasteiger partial charge is 0.508 e. The van der Waals surface area contributed by atoms with E-state index in [0.29, 0.717) is 22.2 Å². The maximum Gasteiger partial charge on any atom is 0.170 e. The fourth-order valence-corrected chi connectivity index (χ4v) is 3.31. The number of phenolic OH excluding ortho intramolecular Hbond substituents is 1. The Morgan fingerprint density at radius 1 is 1.19 bits per heavy atom. The molecule has 0 fully saturated rings. The lowest BCUT2D eigenvalue weighted by Gasteiger charge is -2.14. The van der Waals surface area contributed by atoms with Crippen molar-refractivity contribution in [3.63, 3.8) is 0 Å². The molecule has 0 unspecified atom stereocenters. The normalized spacial score (nSPS) is 11.0. The minimum Gasteiger partial charge on any atom is -0.508 e. The fraction of sp³-hybridized carbons (Fsp3) is 0.381. The van der Waals surface area contributed by atoms with E-state index in [-0.39, 0.29) is 36.9 Å². The highest BCUT2D eigenvalue weighted by molar-refractivity contribution is 6.36. The van der Waals surface area contributed by atoms with E-state index in [1.807, 2.05) is 26.0 Å². The van der Waals surface area contributed by atoms with Crippen molar-refractivity contribution >= 4 is 29.0 Å². The zero-order valence-electron chi connectivity index (χ0n) is 15.4. The van der Waals surface area contributed by atoms with Crippen LogP contribution in [0.4, 0.5) is 4.39 Å². The van der Waals surface area contributed by atoms with Gasteiger partial charge in [0.2, 0.25) is 0 Å². The lowest BCUT2D eigenvalue weighted by Crippen LogP contribution is -2.11. The van der Waals surface area contributed by atoms with Crippen LogP contribution in [0, 0.1) is 0 Å². The van der Waals surface area contributed by atoms with E-state index in [2.05, 4.69) is 0 Å². The molecular weight excluding hydrogens is 390 g/mol. The Kier molecular flexibility index (Phi) is 7.93.